The monoisotopic (exact) mass is 212 g/mol. The van der Waals surface area contributed by atoms with E-state index in [1.165, 1.54) is 20.2 Å². The van der Waals surface area contributed by atoms with E-state index in [4.69, 9.17) is 9.63 Å². The highest BCUT2D eigenvalue weighted by molar-refractivity contribution is 5.94. The summed E-state index contributed by atoms with van der Waals surface area (Å²) >= 11 is 0. The highest BCUT2D eigenvalue weighted by Gasteiger charge is 2.26. The average molecular weight is 212 g/mol. The van der Waals surface area contributed by atoms with Crippen LogP contribution in [0, 0.1) is 6.92 Å². The Bertz CT molecular complexity index is 385. The van der Waals surface area contributed by atoms with Gasteiger partial charge in [0.25, 0.3) is 5.91 Å². The topological polar surface area (TPSA) is 83.6 Å². The van der Waals surface area contributed by atoms with Gasteiger partial charge in [0.2, 0.25) is 5.76 Å². The molecule has 1 aromatic rings. The van der Waals surface area contributed by atoms with Crippen molar-refractivity contribution < 1.29 is 19.2 Å². The number of carbonyl (C=O) groups is 2. The van der Waals surface area contributed by atoms with Crippen molar-refractivity contribution in [1.29, 1.82) is 0 Å². The van der Waals surface area contributed by atoms with E-state index in [0.717, 1.165) is 4.90 Å². The van der Waals surface area contributed by atoms with Gasteiger partial charge in [-0.3, -0.25) is 4.79 Å². The van der Waals surface area contributed by atoms with Gasteiger partial charge in [-0.15, -0.1) is 0 Å². The number of carboxylic acids is 1. The number of carboxylic acid groups (broad SMARTS) is 1. The molecule has 0 aliphatic rings. The first-order valence-electron chi connectivity index (χ1n) is 4.36. The molecule has 6 nitrogen and oxygen atoms in total. The van der Waals surface area contributed by atoms with Gasteiger partial charge in [0.05, 0.1) is 6.20 Å². The number of rotatable bonds is 3. The molecule has 6 heteroatoms. The Hall–Kier alpha value is -1.85. The third-order valence-corrected chi connectivity index (χ3v) is 2.20. The van der Waals surface area contributed by atoms with Gasteiger partial charge in [-0.2, -0.15) is 0 Å². The summed E-state index contributed by atoms with van der Waals surface area (Å²) in [5, 5.41) is 12.2. The number of hydrogen-bond donors (Lipinski definition) is 1. The van der Waals surface area contributed by atoms with Crippen LogP contribution in [0.1, 0.15) is 23.0 Å². The molecule has 0 spiro atoms. The lowest BCUT2D eigenvalue weighted by atomic mass is 10.2. The fraction of sp³-hybridized carbons (Fsp3) is 0.444. The molecule has 0 saturated carbocycles. The van der Waals surface area contributed by atoms with E-state index >= 15 is 0 Å². The minimum atomic E-state index is -1.07. The second-order valence-electron chi connectivity index (χ2n) is 3.27. The summed E-state index contributed by atoms with van der Waals surface area (Å²) < 4.78 is 4.74. The number of likely N-dealkylation sites (N-methyl/N-ethyl adjacent to an activating group) is 1. The van der Waals surface area contributed by atoms with Crippen molar-refractivity contribution in [3.63, 3.8) is 0 Å². The van der Waals surface area contributed by atoms with E-state index in [-0.39, 0.29) is 5.76 Å². The van der Waals surface area contributed by atoms with Crippen LogP contribution in [-0.4, -0.2) is 40.1 Å². The molecule has 0 radical (unpaired) electrons. The number of amides is 1. The molecule has 1 amide bonds. The summed E-state index contributed by atoms with van der Waals surface area (Å²) in [6.45, 7) is 3.09. The summed E-state index contributed by atoms with van der Waals surface area (Å²) in [5.41, 5.74) is 0.587. The molecule has 0 aliphatic carbocycles. The maximum Gasteiger partial charge on any atom is 0.326 e. The summed E-state index contributed by atoms with van der Waals surface area (Å²) in [5.74, 6) is -1.48. The molecule has 1 unspecified atom stereocenters. The van der Waals surface area contributed by atoms with Crippen LogP contribution in [0.3, 0.4) is 0 Å². The summed E-state index contributed by atoms with van der Waals surface area (Å²) in [7, 11) is 1.41. The van der Waals surface area contributed by atoms with Crippen LogP contribution in [0.15, 0.2) is 10.7 Å². The van der Waals surface area contributed by atoms with E-state index in [9.17, 15) is 9.59 Å². The first-order chi connectivity index (χ1) is 6.95. The largest absolute Gasteiger partial charge is 0.480 e. The number of nitrogens with zero attached hydrogens (tertiary/aromatic N) is 2. The molecule has 0 aliphatic heterocycles. The maximum atomic E-state index is 11.7. The first-order valence-corrected chi connectivity index (χ1v) is 4.36. The van der Waals surface area contributed by atoms with E-state index in [2.05, 4.69) is 5.16 Å². The average Bonchev–Trinajstić information content (AvgIpc) is 2.60. The molecule has 0 aromatic carbocycles. The van der Waals surface area contributed by atoms with Gasteiger partial charge in [0.1, 0.15) is 6.04 Å². The predicted octanol–water partition coefficient (Wildman–Crippen LogP) is 0.528. The lowest BCUT2D eigenvalue weighted by Gasteiger charge is -2.19. The number of hydrogen-bond acceptors (Lipinski definition) is 4. The first kappa shape index (κ1) is 11.2. The molecule has 1 aromatic heterocycles. The number of aliphatic carboxylic acids is 1. The fourth-order valence-electron chi connectivity index (χ4n) is 0.998. The SMILES string of the molecule is Cc1cnoc1C(=O)N(C)C(C)C(=O)O. The lowest BCUT2D eigenvalue weighted by molar-refractivity contribution is -0.141. The van der Waals surface area contributed by atoms with Gasteiger partial charge in [-0.05, 0) is 13.8 Å². The van der Waals surface area contributed by atoms with Gasteiger partial charge in [-0.25, -0.2) is 4.79 Å². The molecular formula is C9H12N2O4. The summed E-state index contributed by atoms with van der Waals surface area (Å²) in [6.07, 6.45) is 1.41. The quantitative estimate of drug-likeness (QED) is 0.790. The third-order valence-electron chi connectivity index (χ3n) is 2.20. The minimum Gasteiger partial charge on any atom is -0.480 e. The van der Waals surface area contributed by atoms with Crippen LogP contribution in [0.4, 0.5) is 0 Å². The van der Waals surface area contributed by atoms with Crippen LogP contribution in [0.5, 0.6) is 0 Å². The van der Waals surface area contributed by atoms with E-state index < -0.39 is 17.9 Å². The molecule has 0 fully saturated rings. The van der Waals surface area contributed by atoms with Gasteiger partial charge >= 0.3 is 5.97 Å². The molecule has 1 N–H and O–H groups in total. The zero-order chi connectivity index (χ0) is 11.6. The second-order valence-corrected chi connectivity index (χ2v) is 3.27. The van der Waals surface area contributed by atoms with Crippen LogP contribution in [-0.2, 0) is 4.79 Å². The zero-order valence-corrected chi connectivity index (χ0v) is 8.72. The molecule has 1 atom stereocenters. The van der Waals surface area contributed by atoms with E-state index in [1.807, 2.05) is 0 Å². The van der Waals surface area contributed by atoms with Crippen LogP contribution >= 0.6 is 0 Å². The Labute approximate surface area is 86.5 Å². The highest BCUT2D eigenvalue weighted by Crippen LogP contribution is 2.10. The van der Waals surface area contributed by atoms with Crippen molar-refractivity contribution in [2.45, 2.75) is 19.9 Å². The van der Waals surface area contributed by atoms with Crippen LogP contribution in [0.2, 0.25) is 0 Å². The van der Waals surface area contributed by atoms with Crippen molar-refractivity contribution in [1.82, 2.24) is 10.1 Å². The molecule has 0 saturated heterocycles. The number of aromatic nitrogens is 1. The Morgan fingerprint density at radius 1 is 1.60 bits per heavy atom. The van der Waals surface area contributed by atoms with E-state index in [1.54, 1.807) is 6.92 Å². The molecule has 82 valence electrons. The molecule has 15 heavy (non-hydrogen) atoms. The van der Waals surface area contributed by atoms with Gasteiger partial charge < -0.3 is 14.5 Å². The molecule has 0 bridgehead atoms. The summed E-state index contributed by atoms with van der Waals surface area (Å²) in [6, 6.07) is -0.901. The smallest absolute Gasteiger partial charge is 0.326 e. The standard InChI is InChI=1S/C9H12N2O4/c1-5-4-10-15-7(5)8(12)11(3)6(2)9(13)14/h4,6H,1-3H3,(H,13,14). The Kier molecular flexibility index (Phi) is 3.08. The normalized spacial score (nSPS) is 12.2. The van der Waals surface area contributed by atoms with Crippen molar-refractivity contribution in [2.75, 3.05) is 7.05 Å². The van der Waals surface area contributed by atoms with Crippen molar-refractivity contribution in [3.8, 4) is 0 Å². The molecule has 1 heterocycles. The highest BCUT2D eigenvalue weighted by atomic mass is 16.5. The Morgan fingerprint density at radius 3 is 2.60 bits per heavy atom. The third kappa shape index (κ3) is 2.15. The Morgan fingerprint density at radius 2 is 2.20 bits per heavy atom. The number of carbonyl (C=O) groups excluding carboxylic acids is 1. The maximum absolute atomic E-state index is 11.7. The fourth-order valence-corrected chi connectivity index (χ4v) is 0.998. The second kappa shape index (κ2) is 4.12. The predicted molar refractivity (Wildman–Crippen MR) is 50.4 cm³/mol. The van der Waals surface area contributed by atoms with Gasteiger partial charge in [0, 0.05) is 12.6 Å². The summed E-state index contributed by atoms with van der Waals surface area (Å²) in [4.78, 5) is 23.5. The van der Waals surface area contributed by atoms with Crippen LogP contribution in [0.25, 0.3) is 0 Å². The van der Waals surface area contributed by atoms with E-state index in [0.29, 0.717) is 5.56 Å². The minimum absolute atomic E-state index is 0.0746. The van der Waals surface area contributed by atoms with Crippen molar-refractivity contribution in [3.05, 3.63) is 17.5 Å². The van der Waals surface area contributed by atoms with Crippen molar-refractivity contribution in [2.24, 2.45) is 0 Å². The molecular weight excluding hydrogens is 200 g/mol. The molecule has 1 rings (SSSR count). The Balaban J connectivity index is 2.86. The van der Waals surface area contributed by atoms with Crippen molar-refractivity contribution >= 4 is 11.9 Å². The van der Waals surface area contributed by atoms with Gasteiger partial charge in [0.15, 0.2) is 0 Å². The number of aryl methyl sites for hydroxylation is 1. The zero-order valence-electron chi connectivity index (χ0n) is 8.72. The van der Waals surface area contributed by atoms with Gasteiger partial charge in [-0.1, -0.05) is 5.16 Å². The lowest BCUT2D eigenvalue weighted by Crippen LogP contribution is -2.40. The van der Waals surface area contributed by atoms with Crippen LogP contribution < -0.4 is 0 Å².